The summed E-state index contributed by atoms with van der Waals surface area (Å²) in [5.41, 5.74) is 0. The van der Waals surface area contributed by atoms with Crippen molar-refractivity contribution in [3.63, 3.8) is 0 Å². The van der Waals surface area contributed by atoms with Crippen LogP contribution in [0.25, 0.3) is 0 Å². The second kappa shape index (κ2) is 20.9. The molecule has 4 rings (SSSR count). The van der Waals surface area contributed by atoms with Gasteiger partial charge in [-0.3, -0.25) is 0 Å². The number of rotatable bonds is 8. The Labute approximate surface area is 232 Å². The maximum Gasteiger partial charge on any atom is 0.707 e. The third-order valence-corrected chi connectivity index (χ3v) is 3.94. The Morgan fingerprint density at radius 2 is 0.425 bits per heavy atom. The average molecular weight is 552 g/mol. The van der Waals surface area contributed by atoms with Crippen molar-refractivity contribution in [2.45, 2.75) is 0 Å². The highest BCUT2D eigenvalue weighted by Crippen LogP contribution is 2.09. The zero-order chi connectivity index (χ0) is 29.6. The van der Waals surface area contributed by atoms with E-state index in [9.17, 15) is 0 Å². The van der Waals surface area contributed by atoms with Gasteiger partial charge in [0.25, 0.3) is 0 Å². The maximum atomic E-state index is 8.34. The lowest BCUT2D eigenvalue weighted by atomic mass is 10.2. The van der Waals surface area contributed by atoms with Gasteiger partial charge in [0, 0.05) is 0 Å². The lowest BCUT2D eigenvalue weighted by Gasteiger charge is -2.01. The number of hydrogen-bond donors (Lipinski definition) is 8. The first-order chi connectivity index (χ1) is 19.2. The Kier molecular flexibility index (Phi) is 17.8. The van der Waals surface area contributed by atoms with Crippen molar-refractivity contribution >= 4 is 29.3 Å². The summed E-state index contributed by atoms with van der Waals surface area (Å²) in [6.07, 6.45) is 0. The molecule has 0 aliphatic rings. The molecule has 0 aromatic heterocycles. The normalized spacial score (nSPS) is 9.00. The highest BCUT2D eigenvalue weighted by Gasteiger charge is 2.11. The van der Waals surface area contributed by atoms with Crippen LogP contribution in [-0.2, 0) is 0 Å². The number of benzene rings is 4. The summed E-state index contributed by atoms with van der Waals surface area (Å²) in [5.74, 6) is 1.77. The van der Waals surface area contributed by atoms with Gasteiger partial charge in [-0.25, -0.2) is 0 Å². The van der Waals surface area contributed by atoms with Gasteiger partial charge < -0.3 is 58.8 Å². The number of para-hydroxylation sites is 4. The fourth-order valence-electron chi connectivity index (χ4n) is 2.48. The summed E-state index contributed by atoms with van der Waals surface area (Å²) in [6, 6.07) is 34.4. The van der Waals surface area contributed by atoms with Gasteiger partial charge in [-0.15, -0.1) is 0 Å². The van der Waals surface area contributed by atoms with Gasteiger partial charge in [0.2, 0.25) is 0 Å². The lowest BCUT2D eigenvalue weighted by molar-refractivity contribution is 0.286. The molecule has 208 valence electrons. The molecule has 0 saturated heterocycles. The molecule has 0 saturated carbocycles. The fourth-order valence-corrected chi connectivity index (χ4v) is 2.48. The molecule has 0 heterocycles. The van der Waals surface area contributed by atoms with Gasteiger partial charge in [-0.1, -0.05) is 72.8 Å². The monoisotopic (exact) mass is 552 g/mol. The van der Waals surface area contributed by atoms with E-state index in [-0.39, 0.29) is 0 Å². The predicted octanol–water partition coefficient (Wildman–Crippen LogP) is 0.140. The molecule has 0 fully saturated rings. The number of hydrogen-bond acceptors (Lipinski definition) is 12. The molecule has 8 N–H and O–H groups in total. The van der Waals surface area contributed by atoms with Gasteiger partial charge in [0.15, 0.2) is 0 Å². The van der Waals surface area contributed by atoms with Crippen LogP contribution in [0.2, 0.25) is 0 Å². The molecule has 0 unspecified atom stereocenters. The Hall–Kier alpha value is -3.98. The van der Waals surface area contributed by atoms with Gasteiger partial charge in [-0.2, -0.15) is 0 Å². The van der Waals surface area contributed by atoms with Gasteiger partial charge >= 0.3 is 29.3 Å². The Bertz CT molecular complexity index is 932. The first-order valence-electron chi connectivity index (χ1n) is 11.5. The Balaban J connectivity index is 0.000000267. The van der Waals surface area contributed by atoms with Crippen LogP contribution in [0.3, 0.4) is 0 Å². The van der Waals surface area contributed by atoms with Crippen LogP contribution in [0.1, 0.15) is 0 Å². The molecule has 16 heteroatoms. The fraction of sp³-hybridized carbons (Fsp3) is 0. The molecule has 0 aliphatic carbocycles. The van der Waals surface area contributed by atoms with Crippen LogP contribution in [-0.4, -0.2) is 69.5 Å². The predicted molar refractivity (Wildman–Crippen MR) is 149 cm³/mol. The zero-order valence-electron chi connectivity index (χ0n) is 21.1. The van der Waals surface area contributed by atoms with Crippen LogP contribution < -0.4 is 18.6 Å². The van der Waals surface area contributed by atoms with Crippen molar-refractivity contribution < 1.29 is 58.8 Å². The van der Waals surface area contributed by atoms with Crippen molar-refractivity contribution in [3.8, 4) is 23.0 Å². The molecule has 0 radical (unpaired) electrons. The van der Waals surface area contributed by atoms with Crippen molar-refractivity contribution in [2.75, 3.05) is 0 Å². The van der Waals surface area contributed by atoms with E-state index in [1.807, 2.05) is 24.3 Å². The molecule has 0 bridgehead atoms. The van der Waals surface area contributed by atoms with E-state index in [1.54, 1.807) is 97.1 Å². The van der Waals surface area contributed by atoms with Crippen molar-refractivity contribution in [1.29, 1.82) is 0 Å². The van der Waals surface area contributed by atoms with Gasteiger partial charge in [0.05, 0.1) is 0 Å². The average Bonchev–Trinajstić information content (AvgIpc) is 2.91. The van der Waals surface area contributed by atoms with Crippen LogP contribution in [0.15, 0.2) is 121 Å². The highest BCUT2D eigenvalue weighted by atomic mass is 16.6. The molecule has 0 spiro atoms. The Morgan fingerprint density at radius 1 is 0.275 bits per heavy atom. The Morgan fingerprint density at radius 3 is 0.550 bits per heavy atom. The van der Waals surface area contributed by atoms with E-state index >= 15 is 0 Å². The largest absolute Gasteiger partial charge is 0.707 e. The smallest absolute Gasteiger partial charge is 0.512 e. The topological polar surface area (TPSA) is 199 Å². The summed E-state index contributed by atoms with van der Waals surface area (Å²) in [7, 11) is -6.94. The highest BCUT2D eigenvalue weighted by molar-refractivity contribution is 6.34. The van der Waals surface area contributed by atoms with Crippen molar-refractivity contribution in [2.24, 2.45) is 0 Å². The van der Waals surface area contributed by atoms with E-state index in [0.717, 1.165) is 0 Å². The molecule has 4 aromatic carbocycles. The first-order valence-corrected chi connectivity index (χ1v) is 11.5. The van der Waals surface area contributed by atoms with Crippen LogP contribution >= 0.6 is 0 Å². The van der Waals surface area contributed by atoms with Crippen LogP contribution in [0.4, 0.5) is 0 Å². The minimum absolute atomic E-state index is 0.442. The zero-order valence-corrected chi connectivity index (χ0v) is 21.1. The summed E-state index contributed by atoms with van der Waals surface area (Å²) in [5, 5.41) is 66.7. The van der Waals surface area contributed by atoms with E-state index in [4.69, 9.17) is 40.2 Å². The summed E-state index contributed by atoms with van der Waals surface area (Å²) in [4.78, 5) is 0. The molecule has 40 heavy (non-hydrogen) atoms. The van der Waals surface area contributed by atoms with E-state index < -0.39 is 29.3 Å². The second-order valence-electron chi connectivity index (χ2n) is 7.03. The first kappa shape index (κ1) is 34.0. The minimum Gasteiger partial charge on any atom is -0.512 e. The summed E-state index contributed by atoms with van der Waals surface area (Å²) >= 11 is 0. The molecule has 0 atom stereocenters. The van der Waals surface area contributed by atoms with E-state index in [0.29, 0.717) is 23.0 Å². The lowest BCUT2D eigenvalue weighted by Crippen LogP contribution is -2.20. The maximum absolute atomic E-state index is 8.34. The molecular formula is C24H28B4O12. The molecule has 0 aliphatic heterocycles. The third-order valence-electron chi connectivity index (χ3n) is 3.94. The quantitative estimate of drug-likeness (QED) is 0.138. The third kappa shape index (κ3) is 19.1. The van der Waals surface area contributed by atoms with Crippen molar-refractivity contribution in [1.82, 2.24) is 0 Å². The summed E-state index contributed by atoms with van der Waals surface area (Å²) < 4.78 is 18.1. The van der Waals surface area contributed by atoms with Crippen molar-refractivity contribution in [3.05, 3.63) is 121 Å². The molecule has 0 amide bonds. The van der Waals surface area contributed by atoms with Crippen LogP contribution in [0, 0.1) is 0 Å². The van der Waals surface area contributed by atoms with E-state index in [2.05, 4.69) is 18.6 Å². The van der Waals surface area contributed by atoms with Gasteiger partial charge in [0.1, 0.15) is 23.0 Å². The van der Waals surface area contributed by atoms with Gasteiger partial charge in [-0.05, 0) is 48.5 Å². The summed E-state index contributed by atoms with van der Waals surface area (Å²) in [6.45, 7) is 0. The second-order valence-corrected chi connectivity index (χ2v) is 7.03. The van der Waals surface area contributed by atoms with E-state index in [1.165, 1.54) is 0 Å². The standard InChI is InChI=1S/4C6H7BO3/c4*8-7(9)10-6-4-2-1-3-5-6/h4*1-5,8-9H. The molecule has 12 nitrogen and oxygen atoms in total. The molecular weight excluding hydrogens is 524 g/mol. The molecule has 4 aromatic rings. The van der Waals surface area contributed by atoms with Crippen LogP contribution in [0.5, 0.6) is 23.0 Å². The minimum atomic E-state index is -1.73. The SMILES string of the molecule is OB(O)Oc1ccccc1.OB(O)Oc1ccccc1.OB(O)Oc1ccccc1.OB(O)Oc1ccccc1.